The van der Waals surface area contributed by atoms with Gasteiger partial charge < -0.3 is 4.57 Å². The van der Waals surface area contributed by atoms with Gasteiger partial charge in [-0.1, -0.05) is 31.3 Å². The Balaban J connectivity index is 2.07. The molecule has 0 spiro atoms. The van der Waals surface area contributed by atoms with Gasteiger partial charge in [-0.15, -0.1) is 10.2 Å². The van der Waals surface area contributed by atoms with Crippen LogP contribution in [0.15, 0.2) is 23.0 Å². The normalized spacial score (nSPS) is 10.8. The average Bonchev–Trinajstić information content (AvgIpc) is 2.82. The standard InChI is InChI=1S/C13H16N4O2S/c1-8(2)12-15-16-13(20-12)14-10(18)7-17-9(3)5-4-6-11(17)19/h4-6,8H,7H2,1-3H3,(H,14,16,18). The molecule has 0 radical (unpaired) electrons. The molecular formula is C13H16N4O2S. The fraction of sp³-hybridized carbons (Fsp3) is 0.385. The highest BCUT2D eigenvalue weighted by Crippen LogP contribution is 2.22. The van der Waals surface area contributed by atoms with Crippen LogP contribution in [0.25, 0.3) is 0 Å². The summed E-state index contributed by atoms with van der Waals surface area (Å²) >= 11 is 1.35. The summed E-state index contributed by atoms with van der Waals surface area (Å²) in [5.74, 6) is -0.00926. The molecule has 20 heavy (non-hydrogen) atoms. The Morgan fingerprint density at radius 3 is 2.75 bits per heavy atom. The highest BCUT2D eigenvalue weighted by molar-refractivity contribution is 7.15. The molecule has 6 nitrogen and oxygen atoms in total. The quantitative estimate of drug-likeness (QED) is 0.931. The Kier molecular flexibility index (Phi) is 4.29. The molecule has 0 aromatic carbocycles. The lowest BCUT2D eigenvalue weighted by atomic mass is 10.2. The van der Waals surface area contributed by atoms with Crippen molar-refractivity contribution in [2.24, 2.45) is 0 Å². The first-order valence-corrected chi connectivity index (χ1v) is 7.08. The minimum absolute atomic E-state index is 0.0257. The number of amides is 1. The lowest BCUT2D eigenvalue weighted by Crippen LogP contribution is -2.28. The smallest absolute Gasteiger partial charge is 0.251 e. The van der Waals surface area contributed by atoms with Crippen LogP contribution in [0, 0.1) is 6.92 Å². The van der Waals surface area contributed by atoms with Crippen LogP contribution >= 0.6 is 11.3 Å². The third kappa shape index (κ3) is 3.30. The van der Waals surface area contributed by atoms with Gasteiger partial charge in [0.15, 0.2) is 0 Å². The highest BCUT2D eigenvalue weighted by Gasteiger charge is 2.11. The predicted octanol–water partition coefficient (Wildman–Crippen LogP) is 1.77. The summed E-state index contributed by atoms with van der Waals surface area (Å²) in [7, 11) is 0. The van der Waals surface area contributed by atoms with E-state index in [0.29, 0.717) is 5.13 Å². The predicted molar refractivity (Wildman–Crippen MR) is 78.1 cm³/mol. The number of nitrogens with one attached hydrogen (secondary N) is 1. The molecule has 0 aliphatic heterocycles. The van der Waals surface area contributed by atoms with Crippen molar-refractivity contribution < 1.29 is 4.79 Å². The van der Waals surface area contributed by atoms with Gasteiger partial charge in [0.05, 0.1) is 0 Å². The van der Waals surface area contributed by atoms with E-state index in [1.54, 1.807) is 19.1 Å². The zero-order valence-electron chi connectivity index (χ0n) is 11.6. The minimum Gasteiger partial charge on any atom is -0.304 e. The van der Waals surface area contributed by atoms with Crippen LogP contribution in [-0.4, -0.2) is 20.7 Å². The van der Waals surface area contributed by atoms with E-state index < -0.39 is 0 Å². The maximum atomic E-state index is 11.9. The van der Waals surface area contributed by atoms with E-state index in [4.69, 9.17) is 0 Å². The van der Waals surface area contributed by atoms with Gasteiger partial charge in [-0.05, 0) is 13.0 Å². The van der Waals surface area contributed by atoms with Gasteiger partial charge in [-0.3, -0.25) is 14.9 Å². The molecule has 0 bridgehead atoms. The number of anilines is 1. The van der Waals surface area contributed by atoms with E-state index in [0.717, 1.165) is 10.7 Å². The Labute approximate surface area is 120 Å². The van der Waals surface area contributed by atoms with Crippen LogP contribution in [-0.2, 0) is 11.3 Å². The molecule has 1 N–H and O–H groups in total. The minimum atomic E-state index is -0.284. The summed E-state index contributed by atoms with van der Waals surface area (Å²) in [5.41, 5.74) is 0.549. The van der Waals surface area contributed by atoms with Crippen LogP contribution in [0.2, 0.25) is 0 Å². The summed E-state index contributed by atoms with van der Waals surface area (Å²) in [6.45, 7) is 5.79. The molecule has 0 unspecified atom stereocenters. The summed E-state index contributed by atoms with van der Waals surface area (Å²) in [6, 6.07) is 4.89. The molecule has 106 valence electrons. The molecule has 0 aliphatic carbocycles. The summed E-state index contributed by atoms with van der Waals surface area (Å²) in [6.07, 6.45) is 0. The largest absolute Gasteiger partial charge is 0.304 e. The van der Waals surface area contributed by atoms with E-state index in [1.807, 2.05) is 13.8 Å². The SMILES string of the molecule is Cc1cccc(=O)n1CC(=O)Nc1nnc(C(C)C)s1. The van der Waals surface area contributed by atoms with Gasteiger partial charge >= 0.3 is 0 Å². The number of pyridine rings is 1. The van der Waals surface area contributed by atoms with E-state index in [1.165, 1.54) is 22.0 Å². The lowest BCUT2D eigenvalue weighted by molar-refractivity contribution is -0.116. The van der Waals surface area contributed by atoms with Gasteiger partial charge in [0.2, 0.25) is 11.0 Å². The van der Waals surface area contributed by atoms with Crippen molar-refractivity contribution in [1.82, 2.24) is 14.8 Å². The molecule has 0 atom stereocenters. The zero-order valence-corrected chi connectivity index (χ0v) is 12.4. The maximum Gasteiger partial charge on any atom is 0.251 e. The summed E-state index contributed by atoms with van der Waals surface area (Å²) < 4.78 is 1.42. The first-order chi connectivity index (χ1) is 9.47. The first kappa shape index (κ1) is 14.4. The molecule has 2 rings (SSSR count). The van der Waals surface area contributed by atoms with Crippen molar-refractivity contribution in [3.8, 4) is 0 Å². The second kappa shape index (κ2) is 5.96. The summed E-state index contributed by atoms with van der Waals surface area (Å²) in [5, 5.41) is 11.9. The lowest BCUT2D eigenvalue weighted by Gasteiger charge is -2.08. The van der Waals surface area contributed by atoms with E-state index in [9.17, 15) is 9.59 Å². The van der Waals surface area contributed by atoms with E-state index in [-0.39, 0.29) is 23.9 Å². The van der Waals surface area contributed by atoms with Crippen LogP contribution in [0.5, 0.6) is 0 Å². The van der Waals surface area contributed by atoms with Gasteiger partial charge in [0.25, 0.3) is 5.56 Å². The molecule has 0 saturated heterocycles. The molecule has 1 amide bonds. The molecule has 0 saturated carbocycles. The Morgan fingerprint density at radius 2 is 2.15 bits per heavy atom. The van der Waals surface area contributed by atoms with E-state index >= 15 is 0 Å². The second-order valence-corrected chi connectivity index (χ2v) is 5.75. The van der Waals surface area contributed by atoms with Crippen molar-refractivity contribution >= 4 is 22.4 Å². The van der Waals surface area contributed by atoms with Gasteiger partial charge in [0.1, 0.15) is 11.6 Å². The molecule has 2 aromatic rings. The third-order valence-corrected chi connectivity index (χ3v) is 3.89. The number of aryl methyl sites for hydroxylation is 1. The molecule has 2 heterocycles. The van der Waals surface area contributed by atoms with Crippen LogP contribution in [0.3, 0.4) is 0 Å². The van der Waals surface area contributed by atoms with Gasteiger partial charge in [0, 0.05) is 17.7 Å². The Morgan fingerprint density at radius 1 is 1.40 bits per heavy atom. The number of hydrogen-bond donors (Lipinski definition) is 1. The zero-order chi connectivity index (χ0) is 14.7. The van der Waals surface area contributed by atoms with Crippen molar-refractivity contribution in [3.63, 3.8) is 0 Å². The Bertz CT molecular complexity index is 675. The maximum absolute atomic E-state index is 11.9. The van der Waals surface area contributed by atoms with Crippen molar-refractivity contribution in [1.29, 1.82) is 0 Å². The first-order valence-electron chi connectivity index (χ1n) is 6.27. The van der Waals surface area contributed by atoms with Crippen molar-refractivity contribution in [2.45, 2.75) is 33.2 Å². The number of rotatable bonds is 4. The molecule has 2 aromatic heterocycles. The second-order valence-electron chi connectivity index (χ2n) is 4.74. The number of aromatic nitrogens is 3. The fourth-order valence-corrected chi connectivity index (χ4v) is 2.41. The van der Waals surface area contributed by atoms with Crippen LogP contribution in [0.1, 0.15) is 30.5 Å². The van der Waals surface area contributed by atoms with Gasteiger partial charge in [-0.25, -0.2) is 0 Å². The van der Waals surface area contributed by atoms with Crippen molar-refractivity contribution in [2.75, 3.05) is 5.32 Å². The molecular weight excluding hydrogens is 276 g/mol. The van der Waals surface area contributed by atoms with E-state index in [2.05, 4.69) is 15.5 Å². The molecule has 0 aliphatic rings. The monoisotopic (exact) mass is 292 g/mol. The highest BCUT2D eigenvalue weighted by atomic mass is 32.1. The molecule has 7 heteroatoms. The Hall–Kier alpha value is -2.02. The molecule has 0 fully saturated rings. The van der Waals surface area contributed by atoms with Crippen LogP contribution < -0.4 is 10.9 Å². The van der Waals surface area contributed by atoms with Crippen LogP contribution in [0.4, 0.5) is 5.13 Å². The summed E-state index contributed by atoms with van der Waals surface area (Å²) in [4.78, 5) is 23.6. The van der Waals surface area contributed by atoms with Crippen molar-refractivity contribution in [3.05, 3.63) is 39.3 Å². The number of hydrogen-bond acceptors (Lipinski definition) is 5. The number of carbonyl (C=O) groups is 1. The number of nitrogens with zero attached hydrogens (tertiary/aromatic N) is 3. The fourth-order valence-electron chi connectivity index (χ4n) is 1.65. The average molecular weight is 292 g/mol. The third-order valence-electron chi connectivity index (χ3n) is 2.75. The topological polar surface area (TPSA) is 76.9 Å². The number of carbonyl (C=O) groups excluding carboxylic acids is 1. The van der Waals surface area contributed by atoms with Gasteiger partial charge in [-0.2, -0.15) is 0 Å².